The van der Waals surface area contributed by atoms with Crippen LogP contribution in [0.4, 0.5) is 0 Å². The lowest BCUT2D eigenvalue weighted by molar-refractivity contribution is -0.164. The molecule has 7 aliphatic heterocycles. The van der Waals surface area contributed by atoms with E-state index in [2.05, 4.69) is 26.8 Å². The van der Waals surface area contributed by atoms with Crippen molar-refractivity contribution in [3.8, 4) is 46.3 Å². The topological polar surface area (TPSA) is 163 Å². The molecule has 7 heterocycles. The first kappa shape index (κ1) is 37.7. The zero-order valence-corrected chi connectivity index (χ0v) is 33.8. The number of aryl methyl sites for hydroxylation is 1. The summed E-state index contributed by atoms with van der Waals surface area (Å²) >= 11 is 1.52. The summed E-state index contributed by atoms with van der Waals surface area (Å²) in [6.45, 7) is 7.95. The second-order valence-electron chi connectivity index (χ2n) is 15.7. The number of hydrogen-bond donors (Lipinski definition) is 2. The number of aromatic hydroxyl groups is 2. The average Bonchev–Trinajstić information content (AvgIpc) is 3.68. The Labute approximate surface area is 335 Å². The third-order valence-electron chi connectivity index (χ3n) is 13.2. The minimum atomic E-state index is -1.31. The van der Waals surface area contributed by atoms with E-state index >= 15 is 4.79 Å². The van der Waals surface area contributed by atoms with E-state index in [1.807, 2.05) is 27.8 Å². The van der Waals surface area contributed by atoms with Crippen molar-refractivity contribution in [1.29, 1.82) is 5.26 Å². The minimum absolute atomic E-state index is 0.0118. The molecular weight excluding hydrogens is 753 g/mol. The quantitative estimate of drug-likeness (QED) is 0.275. The number of carbonyl (C=O) groups excluding carboxylic acids is 2. The van der Waals surface area contributed by atoms with Crippen molar-refractivity contribution in [3.63, 3.8) is 0 Å². The summed E-state index contributed by atoms with van der Waals surface area (Å²) in [5.74, 6) is 1.13. The Bertz CT molecular complexity index is 2280. The largest absolute Gasteiger partial charge is 0.504 e. The molecule has 0 radical (unpaired) electrons. The molecule has 1 spiro atoms. The van der Waals surface area contributed by atoms with Gasteiger partial charge in [0, 0.05) is 53.6 Å². The highest BCUT2D eigenvalue weighted by molar-refractivity contribution is 7.99. The smallest absolute Gasteiger partial charge is 0.332 e. The number of carbonyl (C=O) groups is 2. The van der Waals surface area contributed by atoms with Crippen molar-refractivity contribution in [2.45, 2.75) is 81.5 Å². The van der Waals surface area contributed by atoms with Gasteiger partial charge in [-0.2, -0.15) is 5.26 Å². The normalized spacial score (nSPS) is 28.7. The molecule has 3 aromatic carbocycles. The van der Waals surface area contributed by atoms with Crippen molar-refractivity contribution in [3.05, 3.63) is 62.7 Å². The van der Waals surface area contributed by atoms with E-state index in [0.29, 0.717) is 76.7 Å². The van der Waals surface area contributed by atoms with E-state index < -0.39 is 46.9 Å². The molecule has 15 heteroatoms. The van der Waals surface area contributed by atoms with Crippen LogP contribution in [0.2, 0.25) is 0 Å². The van der Waals surface area contributed by atoms with Gasteiger partial charge >= 0.3 is 11.9 Å². The lowest BCUT2D eigenvalue weighted by Crippen LogP contribution is -2.69. The lowest BCUT2D eigenvalue weighted by atomic mass is 9.71. The maximum absolute atomic E-state index is 15.1. The Morgan fingerprint density at radius 3 is 2.53 bits per heavy atom. The third kappa shape index (κ3) is 5.13. The molecule has 1 unspecified atom stereocenters. The summed E-state index contributed by atoms with van der Waals surface area (Å²) in [7, 11) is 5.02. The van der Waals surface area contributed by atoms with Gasteiger partial charge in [-0.05, 0) is 74.7 Å². The Morgan fingerprint density at radius 1 is 1.05 bits per heavy atom. The molecule has 2 saturated heterocycles. The van der Waals surface area contributed by atoms with Gasteiger partial charge in [0.15, 0.2) is 40.0 Å². The Kier molecular flexibility index (Phi) is 9.00. The molecule has 0 amide bonds. The fraction of sp³-hybridized carbons (Fsp3) is 0.500. The van der Waals surface area contributed by atoms with E-state index in [1.54, 1.807) is 19.2 Å². The number of benzene rings is 3. The second-order valence-corrected chi connectivity index (χ2v) is 16.8. The number of hydrogen-bond acceptors (Lipinski definition) is 15. The number of nitriles is 1. The molecule has 3 aromatic rings. The molecule has 0 saturated carbocycles. The molecule has 7 aliphatic rings. The van der Waals surface area contributed by atoms with Crippen LogP contribution in [-0.2, 0) is 32.7 Å². The number of ether oxygens (including phenoxy) is 6. The number of fused-ring (bicyclic) bond motifs is 9. The zero-order valence-electron chi connectivity index (χ0n) is 33.0. The summed E-state index contributed by atoms with van der Waals surface area (Å²) in [5, 5.41) is 33.6. The minimum Gasteiger partial charge on any atom is -0.504 e. The summed E-state index contributed by atoms with van der Waals surface area (Å²) < 4.78 is 36.5. The molecular formula is C42H46N4O10S. The molecule has 57 heavy (non-hydrogen) atoms. The number of rotatable bonds is 4. The molecule has 0 aliphatic carbocycles. The number of phenols is 2. The van der Waals surface area contributed by atoms with Crippen molar-refractivity contribution < 1.29 is 48.2 Å². The van der Waals surface area contributed by atoms with Crippen LogP contribution in [0.3, 0.4) is 0 Å². The van der Waals surface area contributed by atoms with Gasteiger partial charge in [0.25, 0.3) is 0 Å². The van der Waals surface area contributed by atoms with Gasteiger partial charge in [-0.25, -0.2) is 4.79 Å². The van der Waals surface area contributed by atoms with E-state index in [9.17, 15) is 20.3 Å². The lowest BCUT2D eigenvalue weighted by Gasteiger charge is -2.62. The predicted octanol–water partition coefficient (Wildman–Crippen LogP) is 4.72. The highest BCUT2D eigenvalue weighted by atomic mass is 32.2. The van der Waals surface area contributed by atoms with Gasteiger partial charge in [-0.1, -0.05) is 13.0 Å². The summed E-state index contributed by atoms with van der Waals surface area (Å²) in [6.07, 6.45) is 1.09. The van der Waals surface area contributed by atoms with Crippen LogP contribution in [0, 0.1) is 25.2 Å². The van der Waals surface area contributed by atoms with Crippen LogP contribution in [0.5, 0.6) is 40.2 Å². The fourth-order valence-electron chi connectivity index (χ4n) is 10.8. The first-order valence-electron chi connectivity index (χ1n) is 19.3. The molecule has 300 valence electrons. The Morgan fingerprint density at radius 2 is 1.82 bits per heavy atom. The predicted molar refractivity (Wildman–Crippen MR) is 207 cm³/mol. The number of esters is 2. The number of methoxy groups -OCH3 is 2. The number of thioether (sulfide) groups is 1. The van der Waals surface area contributed by atoms with Crippen LogP contribution in [0.25, 0.3) is 0 Å². The van der Waals surface area contributed by atoms with Gasteiger partial charge in [-0.15, -0.1) is 11.8 Å². The molecule has 14 nitrogen and oxygen atoms in total. The van der Waals surface area contributed by atoms with Crippen LogP contribution in [0.1, 0.15) is 75.7 Å². The first-order chi connectivity index (χ1) is 27.4. The Hall–Kier alpha value is -4.88. The summed E-state index contributed by atoms with van der Waals surface area (Å²) in [4.78, 5) is 34.7. The number of piperazine rings is 1. The molecule has 10 rings (SSSR count). The molecule has 2 N–H and O–H groups in total. The number of phenolic OH excluding ortho intramolecular Hbond substituents is 2. The van der Waals surface area contributed by atoms with E-state index in [4.69, 9.17) is 28.4 Å². The van der Waals surface area contributed by atoms with Crippen LogP contribution >= 0.6 is 11.8 Å². The monoisotopic (exact) mass is 798 g/mol. The maximum atomic E-state index is 15.1. The second kappa shape index (κ2) is 13.6. The average molecular weight is 799 g/mol. The van der Waals surface area contributed by atoms with Crippen molar-refractivity contribution in [2.75, 3.05) is 53.5 Å². The highest BCUT2D eigenvalue weighted by Gasteiger charge is 2.62. The van der Waals surface area contributed by atoms with E-state index in [1.165, 1.54) is 25.8 Å². The Balaban J connectivity index is 1.35. The molecule has 0 aromatic heterocycles. The van der Waals surface area contributed by atoms with E-state index in [0.717, 1.165) is 16.7 Å². The standard InChI is InChI=1S/C42H46N4O10S/c1-8-45-10-9-22-13-28(48)29(51-6)14-24(22)42(45)17-57-40-32-31(39-38(54-18-55-39)20(3)37(32)56-21(4)47)27(16-53-41(42)50)46-26(15-43)25-12-23-11-19(2)36(52-7)35(49)30(23)33(34(40)46)44(25)5/h11,13-14,25-27,33-34,40,48-49H,8-10,12,16-18H2,1-7H3/t25-,26-,27-,33-,34?,40+,42+/m0/s1. The summed E-state index contributed by atoms with van der Waals surface area (Å²) in [6, 6.07) is 5.39. The van der Waals surface area contributed by atoms with Gasteiger partial charge in [0.05, 0.1) is 37.6 Å². The summed E-state index contributed by atoms with van der Waals surface area (Å²) in [5.41, 5.74) is 4.59. The van der Waals surface area contributed by atoms with Gasteiger partial charge < -0.3 is 38.6 Å². The molecule has 2 fully saturated rings. The van der Waals surface area contributed by atoms with Crippen molar-refractivity contribution >= 4 is 23.7 Å². The van der Waals surface area contributed by atoms with Gasteiger partial charge in [-0.3, -0.25) is 19.5 Å². The number of nitrogens with zero attached hydrogens (tertiary/aromatic N) is 4. The SMILES string of the molecule is CCN1CCc2cc(O)c(OC)cc2[C@@]12CS[C@@H]1c3c(OC(C)=O)c(C)c4c(c3[C@H](COC2=O)N2C1[C@@H]1c3c(cc(C)c(OC)c3O)C[C@@H]([C@@H]2C#N)N1C)OCO4. The molecule has 4 bridgehead atoms. The van der Waals surface area contributed by atoms with E-state index in [-0.39, 0.29) is 42.4 Å². The fourth-order valence-corrected chi connectivity index (χ4v) is 12.6. The van der Waals surface area contributed by atoms with Crippen LogP contribution in [-0.4, -0.2) is 108 Å². The van der Waals surface area contributed by atoms with Gasteiger partial charge in [0.2, 0.25) is 6.79 Å². The van der Waals surface area contributed by atoms with Crippen LogP contribution in [0.15, 0.2) is 18.2 Å². The molecule has 7 atom stereocenters. The maximum Gasteiger partial charge on any atom is 0.332 e. The third-order valence-corrected chi connectivity index (χ3v) is 14.6. The zero-order chi connectivity index (χ0) is 40.2. The van der Waals surface area contributed by atoms with Gasteiger partial charge in [0.1, 0.15) is 18.4 Å². The first-order valence-corrected chi connectivity index (χ1v) is 20.3. The van der Waals surface area contributed by atoms with Crippen molar-refractivity contribution in [2.24, 2.45) is 0 Å². The van der Waals surface area contributed by atoms with Crippen LogP contribution < -0.4 is 23.7 Å². The number of likely N-dealkylation sites (N-methyl/N-ethyl adjacent to an activating group) is 2. The highest BCUT2D eigenvalue weighted by Crippen LogP contribution is 2.65. The van der Waals surface area contributed by atoms with Crippen molar-refractivity contribution in [1.82, 2.24) is 14.7 Å².